The van der Waals surface area contributed by atoms with Gasteiger partial charge in [0.1, 0.15) is 17.4 Å². The maximum absolute atomic E-state index is 14.3. The van der Waals surface area contributed by atoms with E-state index in [0.717, 1.165) is 6.07 Å². The standard InChI is InChI=1S/C22H14Cl2F2N2O3/c23-14-3-1-5-16(25)13(14)10-28-18-9-12(7-8-19(18)31-11-20(28)29)27-22(30)21-15(24)4-2-6-17(21)26/h1-9H,10-11H2,(H,27,30). The van der Waals surface area contributed by atoms with Gasteiger partial charge < -0.3 is 15.0 Å². The molecule has 0 saturated carbocycles. The Kier molecular flexibility index (Phi) is 5.80. The van der Waals surface area contributed by atoms with E-state index in [1.807, 2.05) is 0 Å². The van der Waals surface area contributed by atoms with Crippen LogP contribution >= 0.6 is 23.2 Å². The first kappa shape index (κ1) is 21.1. The highest BCUT2D eigenvalue weighted by Gasteiger charge is 2.28. The summed E-state index contributed by atoms with van der Waals surface area (Å²) in [6.07, 6.45) is 0. The van der Waals surface area contributed by atoms with E-state index >= 15 is 0 Å². The molecule has 9 heteroatoms. The van der Waals surface area contributed by atoms with Crippen LogP contribution in [0.2, 0.25) is 10.0 Å². The van der Waals surface area contributed by atoms with Gasteiger partial charge in [0.25, 0.3) is 11.8 Å². The van der Waals surface area contributed by atoms with Crippen molar-refractivity contribution in [3.63, 3.8) is 0 Å². The van der Waals surface area contributed by atoms with Gasteiger partial charge in [-0.15, -0.1) is 0 Å². The Labute approximate surface area is 186 Å². The van der Waals surface area contributed by atoms with Crippen LogP contribution < -0.4 is 15.0 Å². The maximum Gasteiger partial charge on any atom is 0.265 e. The normalized spacial score (nSPS) is 12.9. The van der Waals surface area contributed by atoms with E-state index in [2.05, 4.69) is 5.32 Å². The second-order valence-corrected chi connectivity index (χ2v) is 7.52. The predicted octanol–water partition coefficient (Wildman–Crippen LogP) is 5.45. The van der Waals surface area contributed by atoms with Gasteiger partial charge in [-0.2, -0.15) is 0 Å². The van der Waals surface area contributed by atoms with Crippen molar-refractivity contribution in [2.75, 3.05) is 16.8 Å². The van der Waals surface area contributed by atoms with Crippen LogP contribution in [-0.4, -0.2) is 18.4 Å². The fraction of sp³-hybridized carbons (Fsp3) is 0.0909. The maximum atomic E-state index is 14.3. The Morgan fingerprint density at radius 1 is 1.03 bits per heavy atom. The van der Waals surface area contributed by atoms with Gasteiger partial charge in [0.2, 0.25) is 0 Å². The van der Waals surface area contributed by atoms with Crippen LogP contribution in [-0.2, 0) is 11.3 Å². The number of carbonyl (C=O) groups excluding carboxylic acids is 2. The molecule has 5 nitrogen and oxygen atoms in total. The molecule has 3 aromatic carbocycles. The van der Waals surface area contributed by atoms with E-state index in [0.29, 0.717) is 11.4 Å². The molecule has 1 N–H and O–H groups in total. The summed E-state index contributed by atoms with van der Waals surface area (Å²) in [6.45, 7) is -0.354. The van der Waals surface area contributed by atoms with Crippen molar-refractivity contribution >= 4 is 46.4 Å². The number of carbonyl (C=O) groups is 2. The van der Waals surface area contributed by atoms with Crippen LogP contribution in [0.1, 0.15) is 15.9 Å². The van der Waals surface area contributed by atoms with Crippen LogP contribution in [0, 0.1) is 11.6 Å². The molecular formula is C22H14Cl2F2N2O3. The quantitative estimate of drug-likeness (QED) is 0.560. The molecule has 0 unspecified atom stereocenters. The van der Waals surface area contributed by atoms with E-state index in [4.69, 9.17) is 27.9 Å². The summed E-state index contributed by atoms with van der Waals surface area (Å²) in [5, 5.41) is 2.70. The third-order valence-electron chi connectivity index (χ3n) is 4.73. The molecule has 0 aliphatic carbocycles. The lowest BCUT2D eigenvalue weighted by molar-refractivity contribution is -0.121. The minimum Gasteiger partial charge on any atom is -0.482 e. The monoisotopic (exact) mass is 462 g/mol. The number of nitrogens with one attached hydrogen (secondary N) is 1. The van der Waals surface area contributed by atoms with Crippen molar-refractivity contribution in [1.29, 1.82) is 0 Å². The van der Waals surface area contributed by atoms with Crippen molar-refractivity contribution in [3.05, 3.63) is 87.4 Å². The van der Waals surface area contributed by atoms with Gasteiger partial charge in [-0.25, -0.2) is 8.78 Å². The Bertz CT molecular complexity index is 1160. The summed E-state index contributed by atoms with van der Waals surface area (Å²) in [6, 6.07) is 12.7. The van der Waals surface area contributed by atoms with Crippen LogP contribution in [0.3, 0.4) is 0 Å². The molecule has 0 radical (unpaired) electrons. The molecule has 158 valence electrons. The molecule has 1 aliphatic heterocycles. The Morgan fingerprint density at radius 2 is 1.74 bits per heavy atom. The summed E-state index contributed by atoms with van der Waals surface area (Å²) in [5.41, 5.74) is 0.432. The zero-order valence-electron chi connectivity index (χ0n) is 15.8. The number of rotatable bonds is 4. The number of hydrogen-bond donors (Lipinski definition) is 1. The molecular weight excluding hydrogens is 449 g/mol. The Morgan fingerprint density at radius 3 is 2.45 bits per heavy atom. The number of nitrogens with zero attached hydrogens (tertiary/aromatic N) is 1. The first-order valence-electron chi connectivity index (χ1n) is 9.10. The molecule has 1 aliphatic rings. The zero-order valence-corrected chi connectivity index (χ0v) is 17.3. The predicted molar refractivity (Wildman–Crippen MR) is 114 cm³/mol. The molecule has 3 aromatic rings. The van der Waals surface area contributed by atoms with Gasteiger partial charge in [0.05, 0.1) is 22.8 Å². The van der Waals surface area contributed by atoms with Gasteiger partial charge in [0, 0.05) is 16.3 Å². The minimum atomic E-state index is -0.766. The third kappa shape index (κ3) is 4.19. The molecule has 31 heavy (non-hydrogen) atoms. The first-order chi connectivity index (χ1) is 14.8. The van der Waals surface area contributed by atoms with E-state index in [-0.39, 0.29) is 40.0 Å². The summed E-state index contributed by atoms with van der Waals surface area (Å²) >= 11 is 12.1. The number of amides is 2. The average Bonchev–Trinajstić information content (AvgIpc) is 2.72. The van der Waals surface area contributed by atoms with Crippen molar-refractivity contribution in [2.45, 2.75) is 6.54 Å². The Hall–Kier alpha value is -3.16. The highest BCUT2D eigenvalue weighted by molar-refractivity contribution is 6.34. The molecule has 1 heterocycles. The molecule has 0 saturated heterocycles. The minimum absolute atomic E-state index is 0.0372. The summed E-state index contributed by atoms with van der Waals surface area (Å²) in [7, 11) is 0. The molecule has 4 rings (SSSR count). The number of hydrogen-bond acceptors (Lipinski definition) is 3. The molecule has 0 aromatic heterocycles. The lowest BCUT2D eigenvalue weighted by Gasteiger charge is -2.30. The van der Waals surface area contributed by atoms with Crippen molar-refractivity contribution in [3.8, 4) is 5.75 Å². The van der Waals surface area contributed by atoms with Crippen LogP contribution in [0.4, 0.5) is 20.2 Å². The number of fused-ring (bicyclic) bond motifs is 1. The Balaban J connectivity index is 1.66. The largest absolute Gasteiger partial charge is 0.482 e. The molecule has 0 bridgehead atoms. The highest BCUT2D eigenvalue weighted by atomic mass is 35.5. The summed E-state index contributed by atoms with van der Waals surface area (Å²) < 4.78 is 33.7. The topological polar surface area (TPSA) is 58.6 Å². The number of halogens is 4. The van der Waals surface area contributed by atoms with Crippen molar-refractivity contribution < 1.29 is 23.1 Å². The molecule has 2 amide bonds. The van der Waals surface area contributed by atoms with E-state index < -0.39 is 23.4 Å². The van der Waals surface area contributed by atoms with Gasteiger partial charge in [-0.1, -0.05) is 35.3 Å². The SMILES string of the molecule is O=C(Nc1ccc2c(c1)N(Cc1c(F)cccc1Cl)C(=O)CO2)c1c(F)cccc1Cl. The van der Waals surface area contributed by atoms with Crippen LogP contribution in [0.25, 0.3) is 0 Å². The third-order valence-corrected chi connectivity index (χ3v) is 5.40. The van der Waals surface area contributed by atoms with E-state index in [1.54, 1.807) is 6.07 Å². The second kappa shape index (κ2) is 8.53. The lowest BCUT2D eigenvalue weighted by atomic mass is 10.1. The molecule has 0 fully saturated rings. The van der Waals surface area contributed by atoms with Gasteiger partial charge in [0.15, 0.2) is 6.61 Å². The smallest absolute Gasteiger partial charge is 0.265 e. The van der Waals surface area contributed by atoms with E-state index in [9.17, 15) is 18.4 Å². The summed E-state index contributed by atoms with van der Waals surface area (Å²) in [4.78, 5) is 26.4. The fourth-order valence-corrected chi connectivity index (χ4v) is 3.67. The second-order valence-electron chi connectivity index (χ2n) is 6.70. The van der Waals surface area contributed by atoms with Gasteiger partial charge in [-0.05, 0) is 42.5 Å². The number of benzene rings is 3. The van der Waals surface area contributed by atoms with Crippen LogP contribution in [0.15, 0.2) is 54.6 Å². The van der Waals surface area contributed by atoms with Crippen molar-refractivity contribution in [1.82, 2.24) is 0 Å². The van der Waals surface area contributed by atoms with Gasteiger partial charge in [-0.3, -0.25) is 9.59 Å². The highest BCUT2D eigenvalue weighted by Crippen LogP contribution is 2.37. The number of ether oxygens (including phenoxy) is 1. The molecule has 0 spiro atoms. The molecule has 0 atom stereocenters. The lowest BCUT2D eigenvalue weighted by Crippen LogP contribution is -2.38. The van der Waals surface area contributed by atoms with E-state index in [1.165, 1.54) is 47.4 Å². The van der Waals surface area contributed by atoms with Crippen molar-refractivity contribution in [2.24, 2.45) is 0 Å². The van der Waals surface area contributed by atoms with Crippen LogP contribution in [0.5, 0.6) is 5.75 Å². The zero-order chi connectivity index (χ0) is 22.1. The first-order valence-corrected chi connectivity index (χ1v) is 9.86. The van der Waals surface area contributed by atoms with Gasteiger partial charge >= 0.3 is 0 Å². The fourth-order valence-electron chi connectivity index (χ4n) is 3.20. The number of anilines is 2. The summed E-state index contributed by atoms with van der Waals surface area (Å²) in [5.74, 6) is -2.11. The average molecular weight is 463 g/mol.